The largest absolute Gasteiger partial charge is 0.352 e. The van der Waals surface area contributed by atoms with E-state index in [9.17, 15) is 9.59 Å². The van der Waals surface area contributed by atoms with Crippen molar-refractivity contribution in [2.24, 2.45) is 5.92 Å². The van der Waals surface area contributed by atoms with Crippen LogP contribution in [0.4, 0.5) is 0 Å². The van der Waals surface area contributed by atoms with E-state index in [-0.39, 0.29) is 17.9 Å². The Kier molecular flexibility index (Phi) is 7.24. The van der Waals surface area contributed by atoms with Gasteiger partial charge in [-0.25, -0.2) is 4.98 Å². The van der Waals surface area contributed by atoms with Crippen molar-refractivity contribution in [3.05, 3.63) is 16.1 Å². The van der Waals surface area contributed by atoms with Crippen LogP contribution in [-0.2, 0) is 16.1 Å². The fourth-order valence-electron chi connectivity index (χ4n) is 4.18. The second-order valence-corrected chi connectivity index (χ2v) is 9.09. The van der Waals surface area contributed by atoms with E-state index in [2.05, 4.69) is 10.3 Å². The summed E-state index contributed by atoms with van der Waals surface area (Å²) in [7, 11) is 1.94. The first-order valence-electron chi connectivity index (χ1n) is 10.2. The van der Waals surface area contributed by atoms with E-state index >= 15 is 0 Å². The molecule has 0 spiro atoms. The third-order valence-corrected chi connectivity index (χ3v) is 6.46. The highest BCUT2D eigenvalue weighted by atomic mass is 32.1. The summed E-state index contributed by atoms with van der Waals surface area (Å²) < 4.78 is 0. The molecule has 2 amide bonds. The van der Waals surface area contributed by atoms with Crippen molar-refractivity contribution in [3.63, 3.8) is 0 Å². The lowest BCUT2D eigenvalue weighted by molar-refractivity contribution is -0.137. The third-order valence-electron chi connectivity index (χ3n) is 5.64. The van der Waals surface area contributed by atoms with E-state index < -0.39 is 0 Å². The monoisotopic (exact) mass is 392 g/mol. The van der Waals surface area contributed by atoms with Crippen molar-refractivity contribution in [3.8, 4) is 0 Å². The standard InChI is InChI=1S/C20H32N4O2S/c1-15-21-18(14-27-15)12-23(2)13-19(25)22-17-8-10-24(11-9-17)20(26)16-6-4-3-5-7-16/h14,16-17H,3-13H2,1-2H3,(H,22,25). The summed E-state index contributed by atoms with van der Waals surface area (Å²) in [5.74, 6) is 0.646. The fraction of sp³-hybridized carbons (Fsp3) is 0.750. The quantitative estimate of drug-likeness (QED) is 0.808. The second kappa shape index (κ2) is 9.64. The highest BCUT2D eigenvalue weighted by Gasteiger charge is 2.29. The zero-order chi connectivity index (χ0) is 19.2. The molecule has 0 unspecified atom stereocenters. The Morgan fingerprint density at radius 3 is 2.56 bits per heavy atom. The van der Waals surface area contributed by atoms with Gasteiger partial charge < -0.3 is 10.2 Å². The lowest BCUT2D eigenvalue weighted by Crippen LogP contribution is -2.49. The number of thiazole rings is 1. The molecule has 7 heteroatoms. The topological polar surface area (TPSA) is 65.5 Å². The smallest absolute Gasteiger partial charge is 0.234 e. The first-order valence-corrected chi connectivity index (χ1v) is 11.1. The summed E-state index contributed by atoms with van der Waals surface area (Å²) >= 11 is 1.64. The number of likely N-dealkylation sites (tertiary alicyclic amines) is 1. The maximum absolute atomic E-state index is 12.6. The Hall–Kier alpha value is -1.47. The van der Waals surface area contributed by atoms with E-state index in [1.54, 1.807) is 11.3 Å². The highest BCUT2D eigenvalue weighted by molar-refractivity contribution is 7.09. The molecule has 2 heterocycles. The fourth-order valence-corrected chi connectivity index (χ4v) is 4.79. The summed E-state index contributed by atoms with van der Waals surface area (Å²) in [6.07, 6.45) is 7.49. The van der Waals surface area contributed by atoms with Gasteiger partial charge in [0.1, 0.15) is 0 Å². The summed E-state index contributed by atoms with van der Waals surface area (Å²) in [6, 6.07) is 0.183. The van der Waals surface area contributed by atoms with Gasteiger partial charge in [-0.1, -0.05) is 19.3 Å². The maximum atomic E-state index is 12.6. The number of nitrogens with zero attached hydrogens (tertiary/aromatic N) is 3. The van der Waals surface area contributed by atoms with Gasteiger partial charge in [0.05, 0.1) is 17.2 Å². The zero-order valence-electron chi connectivity index (χ0n) is 16.6. The summed E-state index contributed by atoms with van der Waals surface area (Å²) in [4.78, 5) is 33.4. The van der Waals surface area contributed by atoms with Gasteiger partial charge in [0.25, 0.3) is 0 Å². The minimum absolute atomic E-state index is 0.0570. The Bertz CT molecular complexity index is 634. The lowest BCUT2D eigenvalue weighted by Gasteiger charge is -2.35. The molecule has 2 aliphatic rings. The molecule has 1 aromatic heterocycles. The molecule has 1 aromatic rings. The summed E-state index contributed by atoms with van der Waals surface area (Å²) in [5, 5.41) is 6.24. The normalized spacial score (nSPS) is 19.4. The molecule has 150 valence electrons. The number of hydrogen-bond acceptors (Lipinski definition) is 5. The highest BCUT2D eigenvalue weighted by Crippen LogP contribution is 2.26. The molecule has 0 aromatic carbocycles. The van der Waals surface area contributed by atoms with E-state index in [0.717, 1.165) is 49.5 Å². The van der Waals surface area contributed by atoms with Crippen LogP contribution in [0.1, 0.15) is 55.6 Å². The molecule has 1 saturated heterocycles. The molecule has 6 nitrogen and oxygen atoms in total. The van der Waals surface area contributed by atoms with Crippen LogP contribution < -0.4 is 5.32 Å². The van der Waals surface area contributed by atoms with Crippen molar-refractivity contribution >= 4 is 23.2 Å². The Morgan fingerprint density at radius 2 is 1.93 bits per heavy atom. The minimum atomic E-state index is 0.0570. The Morgan fingerprint density at radius 1 is 1.22 bits per heavy atom. The van der Waals surface area contributed by atoms with Gasteiger partial charge >= 0.3 is 0 Å². The molecular weight excluding hydrogens is 360 g/mol. The van der Waals surface area contributed by atoms with Crippen LogP contribution >= 0.6 is 11.3 Å². The SMILES string of the molecule is Cc1nc(CN(C)CC(=O)NC2CCN(C(=O)C3CCCCC3)CC2)cs1. The van der Waals surface area contributed by atoms with Crippen LogP contribution in [-0.4, -0.2) is 59.3 Å². The summed E-state index contributed by atoms with van der Waals surface area (Å²) in [6.45, 7) is 4.60. The molecule has 3 rings (SSSR count). The van der Waals surface area contributed by atoms with Crippen molar-refractivity contribution in [1.82, 2.24) is 20.1 Å². The average Bonchev–Trinajstić information content (AvgIpc) is 3.07. The molecule has 1 saturated carbocycles. The summed E-state index contributed by atoms with van der Waals surface area (Å²) in [5.41, 5.74) is 1.02. The van der Waals surface area contributed by atoms with Crippen LogP contribution in [0.3, 0.4) is 0 Å². The van der Waals surface area contributed by atoms with Gasteiger partial charge in [-0.15, -0.1) is 11.3 Å². The predicted octanol–water partition coefficient (Wildman–Crippen LogP) is 2.57. The lowest BCUT2D eigenvalue weighted by atomic mass is 9.87. The van der Waals surface area contributed by atoms with Crippen LogP contribution in [0.25, 0.3) is 0 Å². The van der Waals surface area contributed by atoms with Gasteiger partial charge in [-0.2, -0.15) is 0 Å². The molecule has 27 heavy (non-hydrogen) atoms. The Labute approximate surface area is 166 Å². The van der Waals surface area contributed by atoms with E-state index in [1.807, 2.05) is 29.2 Å². The number of amides is 2. The molecule has 0 radical (unpaired) electrons. The van der Waals surface area contributed by atoms with E-state index in [0.29, 0.717) is 19.0 Å². The first-order chi connectivity index (χ1) is 13.0. The first kappa shape index (κ1) is 20.3. The van der Waals surface area contributed by atoms with Crippen molar-refractivity contribution < 1.29 is 9.59 Å². The minimum Gasteiger partial charge on any atom is -0.352 e. The van der Waals surface area contributed by atoms with Crippen LogP contribution in [0.5, 0.6) is 0 Å². The number of aryl methyl sites for hydroxylation is 1. The van der Waals surface area contributed by atoms with Gasteiger partial charge in [-0.05, 0) is 39.7 Å². The number of carbonyl (C=O) groups excluding carboxylic acids is 2. The van der Waals surface area contributed by atoms with Crippen molar-refractivity contribution in [2.45, 2.75) is 64.5 Å². The number of likely N-dealkylation sites (N-methyl/N-ethyl adjacent to an activating group) is 1. The number of rotatable bonds is 6. The van der Waals surface area contributed by atoms with Gasteiger partial charge in [0.2, 0.25) is 11.8 Å². The predicted molar refractivity (Wildman–Crippen MR) is 108 cm³/mol. The van der Waals surface area contributed by atoms with E-state index in [4.69, 9.17) is 0 Å². The van der Waals surface area contributed by atoms with Crippen molar-refractivity contribution in [1.29, 1.82) is 0 Å². The molecule has 1 aliphatic heterocycles. The molecule has 0 atom stereocenters. The van der Waals surface area contributed by atoms with Gasteiger partial charge in [0.15, 0.2) is 0 Å². The number of aromatic nitrogens is 1. The number of hydrogen-bond donors (Lipinski definition) is 1. The second-order valence-electron chi connectivity index (χ2n) is 8.03. The maximum Gasteiger partial charge on any atom is 0.234 e. The van der Waals surface area contributed by atoms with Gasteiger partial charge in [0, 0.05) is 37.0 Å². The molecular formula is C20H32N4O2S. The van der Waals surface area contributed by atoms with Gasteiger partial charge in [-0.3, -0.25) is 14.5 Å². The zero-order valence-corrected chi connectivity index (χ0v) is 17.4. The molecule has 2 fully saturated rings. The molecule has 1 N–H and O–H groups in total. The number of piperidine rings is 1. The molecule has 0 bridgehead atoms. The molecule has 1 aliphatic carbocycles. The van der Waals surface area contributed by atoms with Crippen molar-refractivity contribution in [2.75, 3.05) is 26.7 Å². The van der Waals surface area contributed by atoms with Crippen LogP contribution in [0.15, 0.2) is 5.38 Å². The average molecular weight is 393 g/mol. The van der Waals surface area contributed by atoms with Crippen LogP contribution in [0, 0.1) is 12.8 Å². The Balaban J connectivity index is 1.36. The van der Waals surface area contributed by atoms with E-state index in [1.165, 1.54) is 19.3 Å². The number of carbonyl (C=O) groups is 2. The number of nitrogens with one attached hydrogen (secondary N) is 1. The third kappa shape index (κ3) is 6.01. The van der Waals surface area contributed by atoms with Crippen LogP contribution in [0.2, 0.25) is 0 Å².